The Kier molecular flexibility index (Phi) is 11.2. The first kappa shape index (κ1) is 24.6. The van der Waals surface area contributed by atoms with Crippen molar-refractivity contribution >= 4 is 29.9 Å². The molecule has 0 saturated carbocycles. The summed E-state index contributed by atoms with van der Waals surface area (Å²) in [7, 11) is 1.82. The highest BCUT2D eigenvalue weighted by Gasteiger charge is 2.12. The number of morpholine rings is 1. The second-order valence-corrected chi connectivity index (χ2v) is 7.38. The summed E-state index contributed by atoms with van der Waals surface area (Å²) in [4.78, 5) is 11.1. The molecule has 0 bridgehead atoms. The van der Waals surface area contributed by atoms with Crippen molar-refractivity contribution in [2.45, 2.75) is 39.4 Å². The van der Waals surface area contributed by atoms with Gasteiger partial charge >= 0.3 is 0 Å². The Morgan fingerprint density at radius 1 is 1.13 bits per heavy atom. The molecule has 0 radical (unpaired) electrons. The summed E-state index contributed by atoms with van der Waals surface area (Å²) >= 11 is 0. The van der Waals surface area contributed by atoms with E-state index in [4.69, 9.17) is 4.74 Å². The summed E-state index contributed by atoms with van der Waals surface area (Å²) in [6.45, 7) is 9.37. The third-order valence-corrected chi connectivity index (χ3v) is 5.33. The van der Waals surface area contributed by atoms with Crippen molar-refractivity contribution in [3.63, 3.8) is 0 Å². The number of aliphatic imine (C=N–C) groups is 1. The summed E-state index contributed by atoms with van der Waals surface area (Å²) in [5.74, 6) is 1.93. The smallest absolute Gasteiger partial charge is 0.191 e. The summed E-state index contributed by atoms with van der Waals surface area (Å²) in [6.07, 6.45) is 6.10. The average Bonchev–Trinajstić information content (AvgIpc) is 3.16. The molecule has 1 aromatic carbocycles. The minimum absolute atomic E-state index is 0. The van der Waals surface area contributed by atoms with Crippen LogP contribution in [-0.4, -0.2) is 60.3 Å². The van der Waals surface area contributed by atoms with Gasteiger partial charge in [-0.1, -0.05) is 24.3 Å². The standard InChI is InChI=1S/C22H34N6O.HI/c1-19-24-10-12-28(19)11-6-5-9-25-22(23-2)26-17-20-7-3-4-8-21(20)18-27-13-15-29-16-14-27;/h3-4,7-8,10,12H,5-6,9,11,13-18H2,1-2H3,(H2,23,25,26);1H. The van der Waals surface area contributed by atoms with Gasteiger partial charge in [0.05, 0.1) is 13.2 Å². The van der Waals surface area contributed by atoms with Crippen molar-refractivity contribution < 1.29 is 4.74 Å². The molecule has 0 spiro atoms. The quantitative estimate of drug-likeness (QED) is 0.228. The highest BCUT2D eigenvalue weighted by Crippen LogP contribution is 2.13. The highest BCUT2D eigenvalue weighted by atomic mass is 127. The monoisotopic (exact) mass is 526 g/mol. The van der Waals surface area contributed by atoms with Crippen molar-refractivity contribution in [1.82, 2.24) is 25.1 Å². The summed E-state index contributed by atoms with van der Waals surface area (Å²) in [6, 6.07) is 8.65. The van der Waals surface area contributed by atoms with E-state index < -0.39 is 0 Å². The van der Waals surface area contributed by atoms with E-state index in [1.54, 1.807) is 0 Å². The fourth-order valence-electron chi connectivity index (χ4n) is 3.54. The summed E-state index contributed by atoms with van der Waals surface area (Å²) in [5, 5.41) is 6.88. The van der Waals surface area contributed by atoms with Crippen LogP contribution in [0.25, 0.3) is 0 Å². The molecule has 0 unspecified atom stereocenters. The SMILES string of the molecule is CN=C(NCCCCn1ccnc1C)NCc1ccccc1CN1CCOCC1.I. The van der Waals surface area contributed by atoms with Gasteiger partial charge in [-0.05, 0) is 30.9 Å². The average molecular weight is 526 g/mol. The van der Waals surface area contributed by atoms with Crippen molar-refractivity contribution in [2.24, 2.45) is 4.99 Å². The molecule has 0 atom stereocenters. The third-order valence-electron chi connectivity index (χ3n) is 5.33. The molecule has 1 aliphatic heterocycles. The molecule has 3 rings (SSSR count). The normalized spacial score (nSPS) is 14.9. The first-order valence-corrected chi connectivity index (χ1v) is 10.6. The molecule has 2 heterocycles. The predicted octanol–water partition coefficient (Wildman–Crippen LogP) is 2.79. The van der Waals surface area contributed by atoms with E-state index >= 15 is 0 Å². The van der Waals surface area contributed by atoms with Crippen LogP contribution >= 0.6 is 24.0 Å². The zero-order chi connectivity index (χ0) is 20.3. The van der Waals surface area contributed by atoms with Gasteiger partial charge in [0.1, 0.15) is 5.82 Å². The molecule has 2 aromatic rings. The van der Waals surface area contributed by atoms with Gasteiger partial charge in [-0.25, -0.2) is 4.98 Å². The number of ether oxygens (including phenoxy) is 1. The number of aromatic nitrogens is 2. The Morgan fingerprint density at radius 3 is 2.60 bits per heavy atom. The van der Waals surface area contributed by atoms with E-state index in [-0.39, 0.29) is 24.0 Å². The van der Waals surface area contributed by atoms with Gasteiger partial charge in [-0.2, -0.15) is 0 Å². The minimum atomic E-state index is 0. The van der Waals surface area contributed by atoms with Gasteiger partial charge in [0.2, 0.25) is 0 Å². The summed E-state index contributed by atoms with van der Waals surface area (Å²) < 4.78 is 7.65. The Hall–Kier alpha value is -1.65. The molecule has 1 aromatic heterocycles. The van der Waals surface area contributed by atoms with Gasteiger partial charge in [-0.3, -0.25) is 9.89 Å². The van der Waals surface area contributed by atoms with E-state index in [0.29, 0.717) is 0 Å². The van der Waals surface area contributed by atoms with Crippen LogP contribution in [0, 0.1) is 6.92 Å². The number of benzene rings is 1. The molecule has 1 aliphatic rings. The number of nitrogens with zero attached hydrogens (tertiary/aromatic N) is 4. The summed E-state index contributed by atoms with van der Waals surface area (Å²) in [5.41, 5.74) is 2.69. The molecule has 7 nitrogen and oxygen atoms in total. The first-order chi connectivity index (χ1) is 14.3. The molecule has 30 heavy (non-hydrogen) atoms. The van der Waals surface area contributed by atoms with Crippen LogP contribution in [-0.2, 0) is 24.4 Å². The fourth-order valence-corrected chi connectivity index (χ4v) is 3.54. The second kappa shape index (κ2) is 13.6. The lowest BCUT2D eigenvalue weighted by atomic mass is 10.1. The van der Waals surface area contributed by atoms with Crippen LogP contribution < -0.4 is 10.6 Å². The number of unbranched alkanes of at least 4 members (excludes halogenated alkanes) is 1. The van der Waals surface area contributed by atoms with E-state index in [2.05, 4.69) is 54.3 Å². The van der Waals surface area contributed by atoms with E-state index in [0.717, 1.165) is 77.1 Å². The van der Waals surface area contributed by atoms with Gasteiger partial charge in [-0.15, -0.1) is 24.0 Å². The lowest BCUT2D eigenvalue weighted by molar-refractivity contribution is 0.0341. The van der Waals surface area contributed by atoms with E-state index in [1.165, 1.54) is 11.1 Å². The predicted molar refractivity (Wildman–Crippen MR) is 132 cm³/mol. The zero-order valence-electron chi connectivity index (χ0n) is 18.1. The van der Waals surface area contributed by atoms with Gasteiger partial charge in [0.25, 0.3) is 0 Å². The number of halogens is 1. The van der Waals surface area contributed by atoms with Crippen LogP contribution in [0.3, 0.4) is 0 Å². The van der Waals surface area contributed by atoms with Crippen LogP contribution in [0.1, 0.15) is 29.8 Å². The first-order valence-electron chi connectivity index (χ1n) is 10.6. The number of nitrogens with one attached hydrogen (secondary N) is 2. The Labute approximate surface area is 197 Å². The van der Waals surface area contributed by atoms with E-state index in [1.807, 2.05) is 26.4 Å². The molecule has 0 aliphatic carbocycles. The Morgan fingerprint density at radius 2 is 1.90 bits per heavy atom. The van der Waals surface area contributed by atoms with Gasteiger partial charge < -0.3 is 19.9 Å². The lowest BCUT2D eigenvalue weighted by Crippen LogP contribution is -2.38. The largest absolute Gasteiger partial charge is 0.379 e. The fraction of sp³-hybridized carbons (Fsp3) is 0.545. The molecule has 8 heteroatoms. The molecule has 166 valence electrons. The number of rotatable bonds is 9. The maximum Gasteiger partial charge on any atom is 0.191 e. The van der Waals surface area contributed by atoms with Crippen LogP contribution in [0.5, 0.6) is 0 Å². The van der Waals surface area contributed by atoms with Crippen molar-refractivity contribution in [2.75, 3.05) is 39.9 Å². The number of guanidine groups is 1. The molecule has 0 amide bonds. The van der Waals surface area contributed by atoms with Crippen LogP contribution in [0.2, 0.25) is 0 Å². The highest BCUT2D eigenvalue weighted by molar-refractivity contribution is 14.0. The van der Waals surface area contributed by atoms with Gasteiger partial charge in [0, 0.05) is 58.7 Å². The van der Waals surface area contributed by atoms with Crippen molar-refractivity contribution in [3.05, 3.63) is 53.6 Å². The third kappa shape index (κ3) is 7.88. The minimum Gasteiger partial charge on any atom is -0.379 e. The van der Waals surface area contributed by atoms with E-state index in [9.17, 15) is 0 Å². The lowest BCUT2D eigenvalue weighted by Gasteiger charge is -2.27. The van der Waals surface area contributed by atoms with Crippen molar-refractivity contribution in [3.8, 4) is 0 Å². The van der Waals surface area contributed by atoms with Gasteiger partial charge in [0.15, 0.2) is 5.96 Å². The molecule has 1 fully saturated rings. The Balaban J connectivity index is 0.00000320. The maximum atomic E-state index is 5.46. The zero-order valence-corrected chi connectivity index (χ0v) is 20.5. The molecular formula is C22H35IN6O. The number of aryl methyl sites for hydroxylation is 2. The molecule has 2 N–H and O–H groups in total. The second-order valence-electron chi connectivity index (χ2n) is 7.38. The number of imidazole rings is 1. The van der Waals surface area contributed by atoms with Crippen molar-refractivity contribution in [1.29, 1.82) is 0 Å². The van der Waals surface area contributed by atoms with Crippen LogP contribution in [0.15, 0.2) is 41.7 Å². The van der Waals surface area contributed by atoms with Crippen LogP contribution in [0.4, 0.5) is 0 Å². The molecule has 1 saturated heterocycles. The topological polar surface area (TPSA) is 66.7 Å². The Bertz CT molecular complexity index is 772. The number of hydrogen-bond acceptors (Lipinski definition) is 4. The number of hydrogen-bond donors (Lipinski definition) is 2. The molecular weight excluding hydrogens is 491 g/mol. The maximum absolute atomic E-state index is 5.46.